The zero-order valence-corrected chi connectivity index (χ0v) is 14.3. The molecule has 2 unspecified atom stereocenters. The number of morpholine rings is 1. The largest absolute Gasteiger partial charge is 0.465 e. The van der Waals surface area contributed by atoms with Crippen molar-refractivity contribution in [2.45, 2.75) is 19.4 Å². The van der Waals surface area contributed by atoms with Crippen LogP contribution < -0.4 is 5.32 Å². The number of likely N-dealkylation sites (tertiary alicyclic amines) is 1. The number of ether oxygens (including phenoxy) is 1. The van der Waals surface area contributed by atoms with Gasteiger partial charge in [0.1, 0.15) is 11.5 Å². The third kappa shape index (κ3) is 3.79. The number of aryl methyl sites for hydroxylation is 1. The summed E-state index contributed by atoms with van der Waals surface area (Å²) in [6.45, 7) is 5.87. The molecule has 2 saturated heterocycles. The summed E-state index contributed by atoms with van der Waals surface area (Å²) in [4.78, 5) is 27.9. The first-order valence-corrected chi connectivity index (χ1v) is 8.44. The number of hydrogen-bond donors (Lipinski definition) is 1. The van der Waals surface area contributed by atoms with Gasteiger partial charge < -0.3 is 19.4 Å². The lowest BCUT2D eigenvalue weighted by atomic mass is 10.1. The maximum absolute atomic E-state index is 12.4. The minimum atomic E-state index is -0.258. The summed E-state index contributed by atoms with van der Waals surface area (Å²) in [5.74, 6) is 1.42. The van der Waals surface area contributed by atoms with Crippen LogP contribution >= 0.6 is 0 Å². The molecule has 0 spiro atoms. The molecule has 2 aliphatic heterocycles. The monoisotopic (exact) mass is 335 g/mol. The second kappa shape index (κ2) is 7.36. The molecule has 0 saturated carbocycles. The predicted octanol–water partition coefficient (Wildman–Crippen LogP) is 0.556. The van der Waals surface area contributed by atoms with Gasteiger partial charge in [-0.15, -0.1) is 0 Å². The summed E-state index contributed by atoms with van der Waals surface area (Å²) < 4.78 is 11.2. The van der Waals surface area contributed by atoms with Gasteiger partial charge in [0, 0.05) is 39.6 Å². The molecule has 0 aromatic carbocycles. The first-order valence-electron chi connectivity index (χ1n) is 8.44. The smallest absolute Gasteiger partial charge is 0.225 e. The molecule has 7 nitrogen and oxygen atoms in total. The quantitative estimate of drug-likeness (QED) is 0.851. The number of rotatable bonds is 5. The number of nitrogens with zero attached hydrogens (tertiary/aromatic N) is 2. The van der Waals surface area contributed by atoms with Crippen molar-refractivity contribution in [3.63, 3.8) is 0 Å². The van der Waals surface area contributed by atoms with E-state index in [0.29, 0.717) is 32.7 Å². The van der Waals surface area contributed by atoms with Crippen molar-refractivity contribution in [3.8, 4) is 0 Å². The van der Waals surface area contributed by atoms with E-state index >= 15 is 0 Å². The van der Waals surface area contributed by atoms with Crippen LogP contribution in [0.5, 0.6) is 0 Å². The summed E-state index contributed by atoms with van der Waals surface area (Å²) in [7, 11) is 1.73. The molecule has 0 radical (unpaired) electrons. The molecule has 3 heterocycles. The highest BCUT2D eigenvalue weighted by molar-refractivity contribution is 5.89. The Kier molecular flexibility index (Phi) is 5.20. The molecule has 3 rings (SSSR count). The molecule has 1 aromatic rings. The maximum Gasteiger partial charge on any atom is 0.225 e. The molecule has 2 aliphatic rings. The average Bonchev–Trinajstić information content (AvgIpc) is 3.15. The van der Waals surface area contributed by atoms with E-state index in [1.807, 2.05) is 19.1 Å². The van der Waals surface area contributed by atoms with Gasteiger partial charge in [0.25, 0.3) is 0 Å². The van der Waals surface area contributed by atoms with Crippen molar-refractivity contribution in [1.29, 1.82) is 0 Å². The number of furan rings is 1. The van der Waals surface area contributed by atoms with Crippen LogP contribution in [0.3, 0.4) is 0 Å². The van der Waals surface area contributed by atoms with Crippen LogP contribution in [0.15, 0.2) is 16.5 Å². The number of amides is 2. The fraction of sp³-hybridized carbons (Fsp3) is 0.647. The van der Waals surface area contributed by atoms with E-state index in [-0.39, 0.29) is 23.8 Å². The second-order valence-electron chi connectivity index (χ2n) is 6.53. The van der Waals surface area contributed by atoms with Gasteiger partial charge in [-0.3, -0.25) is 14.5 Å². The topological polar surface area (TPSA) is 75.0 Å². The van der Waals surface area contributed by atoms with E-state index in [9.17, 15) is 9.59 Å². The Labute approximate surface area is 141 Å². The molecule has 2 amide bonds. The number of nitrogens with one attached hydrogen (secondary N) is 1. The first-order chi connectivity index (χ1) is 11.5. The van der Waals surface area contributed by atoms with Crippen LogP contribution in [0.1, 0.15) is 24.0 Å². The Bertz CT molecular complexity index is 594. The standard InChI is InChI=1S/C17H25N3O4/c1-12-3-4-15(24-12)14(20-5-7-23-8-6-20)10-18-17(22)13-9-16(21)19(2)11-13/h3-4,13-14H,5-11H2,1-2H3,(H,18,22). The summed E-state index contributed by atoms with van der Waals surface area (Å²) in [5, 5.41) is 3.01. The number of carbonyl (C=O) groups is 2. The zero-order valence-electron chi connectivity index (χ0n) is 14.3. The molecule has 132 valence electrons. The summed E-state index contributed by atoms with van der Waals surface area (Å²) in [6.07, 6.45) is 0.296. The summed E-state index contributed by atoms with van der Waals surface area (Å²) >= 11 is 0. The van der Waals surface area contributed by atoms with Crippen molar-refractivity contribution < 1.29 is 18.7 Å². The second-order valence-corrected chi connectivity index (χ2v) is 6.53. The molecular formula is C17H25N3O4. The highest BCUT2D eigenvalue weighted by Crippen LogP contribution is 2.24. The molecule has 7 heteroatoms. The molecule has 2 fully saturated rings. The molecule has 0 bridgehead atoms. The van der Waals surface area contributed by atoms with Crippen molar-refractivity contribution in [1.82, 2.24) is 15.1 Å². The van der Waals surface area contributed by atoms with E-state index < -0.39 is 0 Å². The van der Waals surface area contributed by atoms with Gasteiger partial charge in [-0.25, -0.2) is 0 Å². The van der Waals surface area contributed by atoms with Gasteiger partial charge in [0.15, 0.2) is 0 Å². The van der Waals surface area contributed by atoms with E-state index in [1.165, 1.54) is 0 Å². The van der Waals surface area contributed by atoms with Gasteiger partial charge in [0.05, 0.1) is 25.2 Å². The molecular weight excluding hydrogens is 310 g/mol. The lowest BCUT2D eigenvalue weighted by Gasteiger charge is -2.33. The van der Waals surface area contributed by atoms with Crippen LogP contribution in [-0.2, 0) is 14.3 Å². The fourth-order valence-corrected chi connectivity index (χ4v) is 3.31. The van der Waals surface area contributed by atoms with Crippen LogP contribution in [-0.4, -0.2) is 68.1 Å². The third-order valence-corrected chi connectivity index (χ3v) is 4.76. The minimum Gasteiger partial charge on any atom is -0.465 e. The Morgan fingerprint density at radius 2 is 2.12 bits per heavy atom. The van der Waals surface area contributed by atoms with Crippen LogP contribution in [0, 0.1) is 12.8 Å². The van der Waals surface area contributed by atoms with E-state index in [1.54, 1.807) is 11.9 Å². The highest BCUT2D eigenvalue weighted by atomic mass is 16.5. The highest BCUT2D eigenvalue weighted by Gasteiger charge is 2.33. The SMILES string of the molecule is Cc1ccc(C(CNC(=O)C2CC(=O)N(C)C2)N2CCOCC2)o1. The molecule has 1 aromatic heterocycles. The van der Waals surface area contributed by atoms with Crippen molar-refractivity contribution in [3.05, 3.63) is 23.7 Å². The van der Waals surface area contributed by atoms with Crippen LogP contribution in [0.25, 0.3) is 0 Å². The van der Waals surface area contributed by atoms with Gasteiger partial charge in [-0.05, 0) is 19.1 Å². The number of carbonyl (C=O) groups excluding carboxylic acids is 2. The predicted molar refractivity (Wildman–Crippen MR) is 87.3 cm³/mol. The van der Waals surface area contributed by atoms with Crippen molar-refractivity contribution >= 4 is 11.8 Å². The van der Waals surface area contributed by atoms with Crippen LogP contribution in [0.4, 0.5) is 0 Å². The lowest BCUT2D eigenvalue weighted by molar-refractivity contribution is -0.128. The Morgan fingerprint density at radius 3 is 2.71 bits per heavy atom. The Balaban J connectivity index is 1.63. The van der Waals surface area contributed by atoms with Gasteiger partial charge in [0.2, 0.25) is 11.8 Å². The fourth-order valence-electron chi connectivity index (χ4n) is 3.31. The average molecular weight is 335 g/mol. The maximum atomic E-state index is 12.4. The number of hydrogen-bond acceptors (Lipinski definition) is 5. The zero-order chi connectivity index (χ0) is 17.1. The normalized spacial score (nSPS) is 23.5. The summed E-state index contributed by atoms with van der Waals surface area (Å²) in [6, 6.07) is 3.89. The van der Waals surface area contributed by atoms with Gasteiger partial charge in [-0.2, -0.15) is 0 Å². The lowest BCUT2D eigenvalue weighted by Crippen LogP contribution is -2.44. The van der Waals surface area contributed by atoms with Crippen molar-refractivity contribution in [2.24, 2.45) is 5.92 Å². The molecule has 24 heavy (non-hydrogen) atoms. The Hall–Kier alpha value is -1.86. The molecule has 0 aliphatic carbocycles. The summed E-state index contributed by atoms with van der Waals surface area (Å²) in [5.41, 5.74) is 0. The van der Waals surface area contributed by atoms with E-state index in [0.717, 1.165) is 24.6 Å². The minimum absolute atomic E-state index is 0.0126. The molecule has 1 N–H and O–H groups in total. The van der Waals surface area contributed by atoms with Crippen LogP contribution in [0.2, 0.25) is 0 Å². The van der Waals surface area contributed by atoms with Crippen molar-refractivity contribution in [2.75, 3.05) is 46.4 Å². The van der Waals surface area contributed by atoms with Gasteiger partial charge in [-0.1, -0.05) is 0 Å². The first kappa shape index (κ1) is 17.0. The molecule has 2 atom stereocenters. The van der Waals surface area contributed by atoms with E-state index in [4.69, 9.17) is 9.15 Å². The third-order valence-electron chi connectivity index (χ3n) is 4.76. The van der Waals surface area contributed by atoms with E-state index in [2.05, 4.69) is 10.2 Å². The Morgan fingerprint density at radius 1 is 1.38 bits per heavy atom. The van der Waals surface area contributed by atoms with Gasteiger partial charge >= 0.3 is 0 Å².